The van der Waals surface area contributed by atoms with Crippen LogP contribution < -0.4 is 0 Å². The molecule has 0 aliphatic heterocycles. The first-order valence-corrected chi connectivity index (χ1v) is 4.83. The van der Waals surface area contributed by atoms with E-state index in [1.165, 1.54) is 15.6 Å². The summed E-state index contributed by atoms with van der Waals surface area (Å²) in [7, 11) is 0. The Hall–Kier alpha value is -0.560. The number of benzene rings is 1. The third-order valence-electron chi connectivity index (χ3n) is 2.08. The zero-order valence-corrected chi connectivity index (χ0v) is 9.06. The van der Waals surface area contributed by atoms with E-state index in [-0.39, 0.29) is 0 Å². The lowest BCUT2D eigenvalue weighted by atomic mass is 10.0. The van der Waals surface area contributed by atoms with Gasteiger partial charge >= 0.3 is 0 Å². The van der Waals surface area contributed by atoms with Crippen LogP contribution in [0, 0.1) is 6.92 Å². The molecule has 0 amide bonds. The molecule has 0 aliphatic carbocycles. The molecule has 0 aromatic heterocycles. The van der Waals surface area contributed by atoms with E-state index >= 15 is 0 Å². The number of hydrogen-bond acceptors (Lipinski definition) is 0. The predicted octanol–water partition coefficient (Wildman–Crippen LogP) is 4.05. The fourth-order valence-electron chi connectivity index (χ4n) is 1.03. The summed E-state index contributed by atoms with van der Waals surface area (Å²) in [5.41, 5.74) is 2.58. The Kier molecular flexibility index (Phi) is 3.10. The van der Waals surface area contributed by atoms with Gasteiger partial charge in [0.1, 0.15) is 0 Å². The second kappa shape index (κ2) is 3.90. The second-order valence-electron chi connectivity index (χ2n) is 3.03. The third-order valence-corrected chi connectivity index (χ3v) is 2.93. The normalized spacial score (nSPS) is 12.6. The van der Waals surface area contributed by atoms with Crippen molar-refractivity contribution >= 4 is 15.9 Å². The first kappa shape index (κ1) is 9.53. The minimum Gasteiger partial charge on any atom is -0.102 e. The molecular formula is C11H13Br. The van der Waals surface area contributed by atoms with Crippen molar-refractivity contribution in [2.75, 3.05) is 0 Å². The molecule has 1 atom stereocenters. The van der Waals surface area contributed by atoms with Crippen molar-refractivity contribution in [1.82, 2.24) is 0 Å². The molecule has 0 bridgehead atoms. The molecule has 12 heavy (non-hydrogen) atoms. The first-order chi connectivity index (χ1) is 5.65. The molecule has 1 rings (SSSR count). The van der Waals surface area contributed by atoms with Crippen molar-refractivity contribution in [2.24, 2.45) is 0 Å². The Bertz CT molecular complexity index is 289. The molecule has 0 saturated carbocycles. The summed E-state index contributed by atoms with van der Waals surface area (Å²) < 4.78 is 1.17. The molecule has 0 N–H and O–H groups in total. The van der Waals surface area contributed by atoms with E-state index in [0.717, 1.165) is 0 Å². The van der Waals surface area contributed by atoms with Crippen molar-refractivity contribution in [3.05, 3.63) is 46.5 Å². The quantitative estimate of drug-likeness (QED) is 0.666. The smallest absolute Gasteiger partial charge is 0.0207 e. The van der Waals surface area contributed by atoms with Crippen molar-refractivity contribution in [3.63, 3.8) is 0 Å². The van der Waals surface area contributed by atoms with Crippen LogP contribution in [0.4, 0.5) is 0 Å². The molecule has 0 spiro atoms. The van der Waals surface area contributed by atoms with Crippen molar-refractivity contribution in [3.8, 4) is 0 Å². The van der Waals surface area contributed by atoms with E-state index in [4.69, 9.17) is 0 Å². The van der Waals surface area contributed by atoms with Crippen LogP contribution in [0.5, 0.6) is 0 Å². The number of hydrogen-bond donors (Lipinski definition) is 0. The minimum absolute atomic E-state index is 0.432. The minimum atomic E-state index is 0.432. The zero-order chi connectivity index (χ0) is 9.14. The van der Waals surface area contributed by atoms with Gasteiger partial charge in [-0.3, -0.25) is 0 Å². The van der Waals surface area contributed by atoms with Gasteiger partial charge < -0.3 is 0 Å². The molecule has 64 valence electrons. The molecule has 1 aromatic rings. The van der Waals surface area contributed by atoms with E-state index in [1.54, 1.807) is 0 Å². The van der Waals surface area contributed by atoms with E-state index in [1.807, 2.05) is 6.08 Å². The average Bonchev–Trinajstić information content (AvgIpc) is 2.08. The molecule has 0 heterocycles. The maximum absolute atomic E-state index is 3.77. The molecule has 0 aliphatic rings. The van der Waals surface area contributed by atoms with Crippen molar-refractivity contribution in [2.45, 2.75) is 19.8 Å². The van der Waals surface area contributed by atoms with Crippen LogP contribution in [-0.2, 0) is 0 Å². The Labute approximate surface area is 82.4 Å². The average molecular weight is 225 g/mol. The van der Waals surface area contributed by atoms with Gasteiger partial charge in [0, 0.05) is 4.47 Å². The van der Waals surface area contributed by atoms with E-state index in [2.05, 4.69) is 54.6 Å². The van der Waals surface area contributed by atoms with Gasteiger partial charge in [-0.25, -0.2) is 0 Å². The summed E-state index contributed by atoms with van der Waals surface area (Å²) in [4.78, 5) is 0. The highest BCUT2D eigenvalue weighted by Gasteiger charge is 2.01. The monoisotopic (exact) mass is 224 g/mol. The third kappa shape index (κ3) is 1.98. The zero-order valence-electron chi connectivity index (χ0n) is 7.47. The van der Waals surface area contributed by atoms with Crippen LogP contribution >= 0.6 is 15.9 Å². The molecule has 1 aromatic carbocycles. The lowest BCUT2D eigenvalue weighted by Crippen LogP contribution is -1.88. The molecule has 0 radical (unpaired) electrons. The van der Waals surface area contributed by atoms with Gasteiger partial charge in [0.05, 0.1) is 0 Å². The van der Waals surface area contributed by atoms with Crippen LogP contribution in [-0.4, -0.2) is 0 Å². The maximum atomic E-state index is 3.77. The van der Waals surface area contributed by atoms with Crippen molar-refractivity contribution in [1.29, 1.82) is 0 Å². The first-order valence-electron chi connectivity index (χ1n) is 4.03. The van der Waals surface area contributed by atoms with Crippen molar-refractivity contribution < 1.29 is 0 Å². The fourth-order valence-corrected chi connectivity index (χ4v) is 1.42. The Morgan fingerprint density at radius 3 is 2.67 bits per heavy atom. The van der Waals surface area contributed by atoms with Gasteiger partial charge in [0.15, 0.2) is 0 Å². The predicted molar refractivity (Wildman–Crippen MR) is 57.5 cm³/mol. The highest BCUT2D eigenvalue weighted by Crippen LogP contribution is 2.23. The highest BCUT2D eigenvalue weighted by molar-refractivity contribution is 9.10. The molecule has 0 nitrogen and oxygen atoms in total. The fraction of sp³-hybridized carbons (Fsp3) is 0.273. The van der Waals surface area contributed by atoms with Gasteiger partial charge in [0.2, 0.25) is 0 Å². The molecular weight excluding hydrogens is 212 g/mol. The SMILES string of the molecule is C=CC(C)c1ccc(C)c(Br)c1. The number of halogens is 1. The van der Waals surface area contributed by atoms with Gasteiger partial charge in [-0.2, -0.15) is 0 Å². The van der Waals surface area contributed by atoms with Gasteiger partial charge in [-0.15, -0.1) is 6.58 Å². The summed E-state index contributed by atoms with van der Waals surface area (Å²) in [6.45, 7) is 8.01. The van der Waals surface area contributed by atoms with Crippen LogP contribution in [0.1, 0.15) is 24.0 Å². The Morgan fingerprint density at radius 2 is 2.17 bits per heavy atom. The molecule has 1 heteroatoms. The van der Waals surface area contributed by atoms with Crippen LogP contribution in [0.15, 0.2) is 35.3 Å². The van der Waals surface area contributed by atoms with E-state index < -0.39 is 0 Å². The molecule has 1 unspecified atom stereocenters. The molecule has 0 saturated heterocycles. The second-order valence-corrected chi connectivity index (χ2v) is 3.89. The Balaban J connectivity index is 3.04. The molecule has 0 fully saturated rings. The number of rotatable bonds is 2. The van der Waals surface area contributed by atoms with Crippen LogP contribution in [0.25, 0.3) is 0 Å². The number of aryl methyl sites for hydroxylation is 1. The largest absolute Gasteiger partial charge is 0.102 e. The van der Waals surface area contributed by atoms with Gasteiger partial charge in [-0.1, -0.05) is 41.1 Å². The van der Waals surface area contributed by atoms with E-state index in [0.29, 0.717) is 5.92 Å². The highest BCUT2D eigenvalue weighted by atomic mass is 79.9. The summed E-state index contributed by atoms with van der Waals surface area (Å²) in [6, 6.07) is 6.42. The summed E-state index contributed by atoms with van der Waals surface area (Å²) in [5.74, 6) is 0.432. The maximum Gasteiger partial charge on any atom is 0.0207 e. The van der Waals surface area contributed by atoms with E-state index in [9.17, 15) is 0 Å². The topological polar surface area (TPSA) is 0 Å². The van der Waals surface area contributed by atoms with Gasteiger partial charge in [0.25, 0.3) is 0 Å². The van der Waals surface area contributed by atoms with Crippen LogP contribution in [0.2, 0.25) is 0 Å². The van der Waals surface area contributed by atoms with Gasteiger partial charge in [-0.05, 0) is 30.0 Å². The summed E-state index contributed by atoms with van der Waals surface area (Å²) >= 11 is 3.51. The summed E-state index contributed by atoms with van der Waals surface area (Å²) in [5, 5.41) is 0. The lowest BCUT2D eigenvalue weighted by Gasteiger charge is -2.07. The lowest BCUT2D eigenvalue weighted by molar-refractivity contribution is 0.968. The summed E-state index contributed by atoms with van der Waals surface area (Å²) in [6.07, 6.45) is 1.96. The number of allylic oxidation sites excluding steroid dienone is 1. The van der Waals surface area contributed by atoms with Crippen LogP contribution in [0.3, 0.4) is 0 Å². The Morgan fingerprint density at radius 1 is 1.50 bits per heavy atom. The standard InChI is InChI=1S/C11H13Br/c1-4-8(2)10-6-5-9(3)11(12)7-10/h4-8H,1H2,2-3H3.